The van der Waals surface area contributed by atoms with Gasteiger partial charge in [-0.1, -0.05) is 48.5 Å². The molecule has 2 aromatic rings. The maximum Gasteiger partial charge on any atom is 0.422 e. The van der Waals surface area contributed by atoms with Crippen LogP contribution >= 0.6 is 0 Å². The third-order valence-corrected chi connectivity index (χ3v) is 5.41. The average Bonchev–Trinajstić information content (AvgIpc) is 3.04. The number of hydrogen-bond donors (Lipinski definition) is 2. The van der Waals surface area contributed by atoms with E-state index in [1.54, 1.807) is 5.32 Å². The molecule has 2 aromatic carbocycles. The van der Waals surface area contributed by atoms with Crippen LogP contribution in [0.25, 0.3) is 11.1 Å². The Morgan fingerprint density at radius 2 is 1.58 bits per heavy atom. The zero-order valence-corrected chi connectivity index (χ0v) is 16.7. The van der Waals surface area contributed by atoms with Gasteiger partial charge in [0, 0.05) is 19.6 Å². The summed E-state index contributed by atoms with van der Waals surface area (Å²) in [5, 5.41) is 10.9. The number of alkyl carbamates (subject to hydrolysis) is 1. The SMILES string of the molecule is COCCCC(NC(=O)OCC1c2ccccc2-c2ccccc21)(C(=O)O)C(F)(F)F. The van der Waals surface area contributed by atoms with Crippen LogP contribution in [-0.2, 0) is 14.3 Å². The van der Waals surface area contributed by atoms with E-state index >= 15 is 0 Å². The lowest BCUT2D eigenvalue weighted by atomic mass is 9.92. The van der Waals surface area contributed by atoms with Crippen LogP contribution in [0.4, 0.5) is 18.0 Å². The first-order chi connectivity index (χ1) is 14.7. The molecule has 2 N–H and O–H groups in total. The van der Waals surface area contributed by atoms with Crippen molar-refractivity contribution in [2.24, 2.45) is 0 Å². The van der Waals surface area contributed by atoms with Gasteiger partial charge in [0.05, 0.1) is 0 Å². The molecular formula is C22H22F3NO5. The van der Waals surface area contributed by atoms with Crippen molar-refractivity contribution < 1.29 is 37.3 Å². The number of hydrogen-bond acceptors (Lipinski definition) is 4. The van der Waals surface area contributed by atoms with Gasteiger partial charge >= 0.3 is 18.2 Å². The Hall–Kier alpha value is -3.07. The summed E-state index contributed by atoms with van der Waals surface area (Å²) in [5.41, 5.74) is 0.228. The van der Waals surface area contributed by atoms with Crippen molar-refractivity contribution in [1.82, 2.24) is 5.32 Å². The highest BCUT2D eigenvalue weighted by Gasteiger charge is 2.62. The van der Waals surface area contributed by atoms with Crippen LogP contribution in [0.5, 0.6) is 0 Å². The molecule has 0 aromatic heterocycles. The monoisotopic (exact) mass is 437 g/mol. The van der Waals surface area contributed by atoms with Crippen LogP contribution in [-0.4, -0.2) is 49.2 Å². The molecule has 0 aliphatic heterocycles. The molecule has 166 valence electrons. The van der Waals surface area contributed by atoms with Crippen molar-refractivity contribution in [2.45, 2.75) is 30.5 Å². The summed E-state index contributed by atoms with van der Waals surface area (Å²) >= 11 is 0. The zero-order valence-electron chi connectivity index (χ0n) is 16.7. The number of rotatable bonds is 8. The topological polar surface area (TPSA) is 84.9 Å². The Morgan fingerprint density at radius 3 is 2.06 bits per heavy atom. The average molecular weight is 437 g/mol. The predicted octanol–water partition coefficient (Wildman–Crippen LogP) is 4.34. The molecule has 0 bridgehead atoms. The Bertz CT molecular complexity index is 917. The number of benzene rings is 2. The molecule has 1 amide bonds. The molecule has 1 aliphatic carbocycles. The minimum atomic E-state index is -5.22. The smallest absolute Gasteiger partial charge is 0.422 e. The van der Waals surface area contributed by atoms with Crippen LogP contribution in [0.3, 0.4) is 0 Å². The predicted molar refractivity (Wildman–Crippen MR) is 106 cm³/mol. The lowest BCUT2D eigenvalue weighted by Crippen LogP contribution is -2.64. The Kier molecular flexibility index (Phi) is 6.54. The number of amides is 1. The van der Waals surface area contributed by atoms with E-state index in [4.69, 9.17) is 9.47 Å². The second-order valence-electron chi connectivity index (χ2n) is 7.26. The molecule has 0 fully saturated rings. The first kappa shape index (κ1) is 22.6. The summed E-state index contributed by atoms with van der Waals surface area (Å²) in [6.07, 6.45) is -7.77. The number of alkyl halides is 3. The maximum absolute atomic E-state index is 13.7. The van der Waals surface area contributed by atoms with E-state index in [9.17, 15) is 27.9 Å². The number of carbonyl (C=O) groups is 2. The summed E-state index contributed by atoms with van der Waals surface area (Å²) in [5.74, 6) is -2.57. The summed E-state index contributed by atoms with van der Waals surface area (Å²) in [4.78, 5) is 23.8. The van der Waals surface area contributed by atoms with Gasteiger partial charge in [0.25, 0.3) is 0 Å². The summed E-state index contributed by atoms with van der Waals surface area (Å²) in [6, 6.07) is 15.0. The van der Waals surface area contributed by atoms with E-state index in [-0.39, 0.29) is 25.6 Å². The second-order valence-corrected chi connectivity index (χ2v) is 7.26. The molecule has 9 heteroatoms. The number of aliphatic carboxylic acids is 1. The van der Waals surface area contributed by atoms with E-state index in [1.165, 1.54) is 7.11 Å². The molecule has 1 unspecified atom stereocenters. The Morgan fingerprint density at radius 1 is 1.03 bits per heavy atom. The molecule has 0 saturated heterocycles. The van der Waals surface area contributed by atoms with Gasteiger partial charge < -0.3 is 14.6 Å². The van der Waals surface area contributed by atoms with Crippen molar-refractivity contribution in [3.8, 4) is 11.1 Å². The van der Waals surface area contributed by atoms with Crippen LogP contribution in [0.1, 0.15) is 29.9 Å². The van der Waals surface area contributed by atoms with Crippen molar-refractivity contribution in [1.29, 1.82) is 0 Å². The van der Waals surface area contributed by atoms with Gasteiger partial charge in [-0.2, -0.15) is 13.2 Å². The van der Waals surface area contributed by atoms with E-state index in [1.807, 2.05) is 48.5 Å². The lowest BCUT2D eigenvalue weighted by Gasteiger charge is -2.32. The van der Waals surface area contributed by atoms with E-state index in [0.29, 0.717) is 0 Å². The molecule has 6 nitrogen and oxygen atoms in total. The molecule has 0 saturated carbocycles. The first-order valence-electron chi connectivity index (χ1n) is 9.63. The van der Waals surface area contributed by atoms with Gasteiger partial charge in [-0.25, -0.2) is 9.59 Å². The molecule has 1 aliphatic rings. The lowest BCUT2D eigenvalue weighted by molar-refractivity contribution is -0.210. The molecule has 0 radical (unpaired) electrons. The van der Waals surface area contributed by atoms with Crippen LogP contribution < -0.4 is 5.32 Å². The highest BCUT2D eigenvalue weighted by Crippen LogP contribution is 2.44. The van der Waals surface area contributed by atoms with Crippen molar-refractivity contribution in [2.75, 3.05) is 20.3 Å². The van der Waals surface area contributed by atoms with Crippen molar-refractivity contribution in [3.05, 3.63) is 59.7 Å². The van der Waals surface area contributed by atoms with Crippen LogP contribution in [0, 0.1) is 0 Å². The Labute approximate surface area is 177 Å². The minimum Gasteiger partial charge on any atom is -0.479 e. The maximum atomic E-state index is 13.7. The molecule has 0 spiro atoms. The largest absolute Gasteiger partial charge is 0.479 e. The minimum absolute atomic E-state index is 0.0858. The number of nitrogens with one attached hydrogen (secondary N) is 1. The fraction of sp³-hybridized carbons (Fsp3) is 0.364. The molecule has 31 heavy (non-hydrogen) atoms. The molecule has 0 heterocycles. The fourth-order valence-electron chi connectivity index (χ4n) is 3.85. The fourth-order valence-corrected chi connectivity index (χ4v) is 3.85. The Balaban J connectivity index is 1.77. The van der Waals surface area contributed by atoms with Gasteiger partial charge in [0.15, 0.2) is 0 Å². The molecular weight excluding hydrogens is 415 g/mol. The van der Waals surface area contributed by atoms with Gasteiger partial charge in [0.2, 0.25) is 5.54 Å². The van der Waals surface area contributed by atoms with Gasteiger partial charge in [-0.3, -0.25) is 5.32 Å². The van der Waals surface area contributed by atoms with Crippen molar-refractivity contribution in [3.63, 3.8) is 0 Å². The number of ether oxygens (including phenoxy) is 2. The van der Waals surface area contributed by atoms with Crippen LogP contribution in [0.15, 0.2) is 48.5 Å². The third kappa shape index (κ3) is 4.36. The summed E-state index contributed by atoms with van der Waals surface area (Å²) < 4.78 is 50.8. The van der Waals surface area contributed by atoms with Gasteiger partial charge in [-0.05, 0) is 35.1 Å². The highest BCUT2D eigenvalue weighted by molar-refractivity contribution is 5.85. The van der Waals surface area contributed by atoms with E-state index in [2.05, 4.69) is 0 Å². The van der Waals surface area contributed by atoms with Gasteiger partial charge in [-0.15, -0.1) is 0 Å². The van der Waals surface area contributed by atoms with E-state index < -0.39 is 30.2 Å². The van der Waals surface area contributed by atoms with Crippen molar-refractivity contribution >= 4 is 12.1 Å². The number of halogens is 3. The number of methoxy groups -OCH3 is 1. The van der Waals surface area contributed by atoms with Gasteiger partial charge in [0.1, 0.15) is 6.61 Å². The zero-order chi connectivity index (χ0) is 22.6. The first-order valence-corrected chi connectivity index (χ1v) is 9.63. The number of carboxylic acids is 1. The normalized spacial score (nSPS) is 15.0. The molecule has 3 rings (SSSR count). The highest BCUT2D eigenvalue weighted by atomic mass is 19.4. The molecule has 1 atom stereocenters. The second kappa shape index (κ2) is 8.97. The third-order valence-electron chi connectivity index (χ3n) is 5.41. The van der Waals surface area contributed by atoms with E-state index in [0.717, 1.165) is 22.3 Å². The number of carboxylic acid groups (broad SMARTS) is 1. The number of fused-ring (bicyclic) bond motifs is 3. The standard InChI is InChI=1S/C22H22F3NO5/c1-30-12-6-11-21(19(27)28,22(23,24)25)26-20(29)31-13-18-16-9-4-2-7-14(16)15-8-3-5-10-17(15)18/h2-5,7-10,18H,6,11-13H2,1H3,(H,26,29)(H,27,28). The summed E-state index contributed by atoms with van der Waals surface area (Å²) in [6.45, 7) is -0.317. The number of carbonyl (C=O) groups excluding carboxylic acids is 1. The summed E-state index contributed by atoms with van der Waals surface area (Å²) in [7, 11) is 1.29. The quantitative estimate of drug-likeness (QED) is 0.601. The van der Waals surface area contributed by atoms with Crippen LogP contribution in [0.2, 0.25) is 0 Å².